The fourth-order valence-corrected chi connectivity index (χ4v) is 0.979. The fraction of sp³-hybridized carbons (Fsp3) is 0.545. The largest absolute Gasteiger partial charge is 0.384 e. The molecule has 2 nitrogen and oxygen atoms in total. The Balaban J connectivity index is 2.54. The number of hydrogen-bond acceptors (Lipinski definition) is 2. The smallest absolute Gasteiger partial charge is 0.214 e. The van der Waals surface area contributed by atoms with Crippen LogP contribution >= 0.6 is 0 Å². The van der Waals surface area contributed by atoms with Gasteiger partial charge in [-0.1, -0.05) is 20.8 Å². The van der Waals surface area contributed by atoms with Crippen molar-refractivity contribution in [3.8, 4) is 0 Å². The van der Waals surface area contributed by atoms with E-state index in [1.54, 1.807) is 6.07 Å². The summed E-state index contributed by atoms with van der Waals surface area (Å²) in [4.78, 5) is 3.50. The van der Waals surface area contributed by atoms with Crippen molar-refractivity contribution in [2.24, 2.45) is 5.41 Å². The molecule has 1 rings (SSSR count). The molecule has 0 aliphatic heterocycles. The Labute approximate surface area is 84.6 Å². The van der Waals surface area contributed by atoms with E-state index in [1.165, 1.54) is 12.3 Å². The summed E-state index contributed by atoms with van der Waals surface area (Å²) in [6.45, 7) is 7.34. The van der Waals surface area contributed by atoms with Gasteiger partial charge in [-0.05, 0) is 17.9 Å². The fourth-order valence-electron chi connectivity index (χ4n) is 0.979. The summed E-state index contributed by atoms with van der Waals surface area (Å²) in [6, 6.07) is 3.18. The molecule has 1 aromatic heterocycles. The molecule has 0 bridgehead atoms. The van der Waals surface area contributed by atoms with Crippen LogP contribution in [0.2, 0.25) is 0 Å². The van der Waals surface area contributed by atoms with Crippen LogP contribution in [0, 0.1) is 11.4 Å². The Morgan fingerprint density at radius 1 is 1.50 bits per heavy atom. The standard InChI is InChI=1S/C11H17FN2/c1-4-11(2,3)8-14-9-5-6-13-10(12)7-9/h5-7H,4,8H2,1-3H3,(H,13,14). The van der Waals surface area contributed by atoms with Crippen molar-refractivity contribution in [1.82, 2.24) is 4.98 Å². The first-order valence-electron chi connectivity index (χ1n) is 4.89. The molecule has 78 valence electrons. The van der Waals surface area contributed by atoms with Crippen molar-refractivity contribution in [2.75, 3.05) is 11.9 Å². The lowest BCUT2D eigenvalue weighted by molar-refractivity contribution is 0.377. The number of pyridine rings is 1. The minimum atomic E-state index is -0.440. The van der Waals surface area contributed by atoms with Gasteiger partial charge in [-0.2, -0.15) is 4.39 Å². The molecule has 3 heteroatoms. The molecule has 1 N–H and O–H groups in total. The van der Waals surface area contributed by atoms with E-state index in [2.05, 4.69) is 31.1 Å². The average molecular weight is 196 g/mol. The molecule has 0 saturated heterocycles. The van der Waals surface area contributed by atoms with Crippen LogP contribution in [0.15, 0.2) is 18.3 Å². The third-order valence-corrected chi connectivity index (χ3v) is 2.45. The van der Waals surface area contributed by atoms with E-state index in [9.17, 15) is 4.39 Å². The highest BCUT2D eigenvalue weighted by Crippen LogP contribution is 2.20. The van der Waals surface area contributed by atoms with Crippen LogP contribution in [0.25, 0.3) is 0 Å². The monoisotopic (exact) mass is 196 g/mol. The van der Waals surface area contributed by atoms with Crippen molar-refractivity contribution < 1.29 is 4.39 Å². The van der Waals surface area contributed by atoms with Crippen LogP contribution in [-0.4, -0.2) is 11.5 Å². The Morgan fingerprint density at radius 2 is 2.21 bits per heavy atom. The van der Waals surface area contributed by atoms with Gasteiger partial charge in [0.25, 0.3) is 0 Å². The Hall–Kier alpha value is -1.12. The van der Waals surface area contributed by atoms with Crippen LogP contribution in [-0.2, 0) is 0 Å². The summed E-state index contributed by atoms with van der Waals surface area (Å²) in [5.41, 5.74) is 1.03. The summed E-state index contributed by atoms with van der Waals surface area (Å²) in [5, 5.41) is 3.20. The van der Waals surface area contributed by atoms with E-state index in [0.29, 0.717) is 0 Å². The SMILES string of the molecule is CCC(C)(C)CNc1ccnc(F)c1. The highest BCUT2D eigenvalue weighted by molar-refractivity contribution is 5.41. The van der Waals surface area contributed by atoms with Crippen molar-refractivity contribution in [2.45, 2.75) is 27.2 Å². The van der Waals surface area contributed by atoms with Gasteiger partial charge in [-0.3, -0.25) is 0 Å². The molecule has 0 amide bonds. The molecular formula is C11H17FN2. The van der Waals surface area contributed by atoms with Crippen LogP contribution in [0.5, 0.6) is 0 Å². The quantitative estimate of drug-likeness (QED) is 0.748. The van der Waals surface area contributed by atoms with Gasteiger partial charge in [0, 0.05) is 24.5 Å². The summed E-state index contributed by atoms with van der Waals surface area (Å²) in [7, 11) is 0. The summed E-state index contributed by atoms with van der Waals surface area (Å²) in [5.74, 6) is -0.440. The predicted molar refractivity (Wildman–Crippen MR) is 56.8 cm³/mol. The first kappa shape index (κ1) is 11.0. The van der Waals surface area contributed by atoms with Crippen LogP contribution in [0.3, 0.4) is 0 Å². The molecule has 0 atom stereocenters. The maximum Gasteiger partial charge on any atom is 0.214 e. The lowest BCUT2D eigenvalue weighted by Crippen LogP contribution is -2.22. The van der Waals surface area contributed by atoms with E-state index < -0.39 is 5.95 Å². The number of nitrogens with one attached hydrogen (secondary N) is 1. The van der Waals surface area contributed by atoms with Crippen molar-refractivity contribution in [1.29, 1.82) is 0 Å². The van der Waals surface area contributed by atoms with Gasteiger partial charge in [0.05, 0.1) is 0 Å². The molecule has 14 heavy (non-hydrogen) atoms. The van der Waals surface area contributed by atoms with Gasteiger partial charge in [-0.15, -0.1) is 0 Å². The van der Waals surface area contributed by atoms with Gasteiger partial charge in [0.1, 0.15) is 0 Å². The zero-order chi connectivity index (χ0) is 10.6. The van der Waals surface area contributed by atoms with E-state index in [0.717, 1.165) is 18.7 Å². The predicted octanol–water partition coefficient (Wildman–Crippen LogP) is 3.07. The number of anilines is 1. The number of halogens is 1. The van der Waals surface area contributed by atoms with Gasteiger partial charge in [-0.25, -0.2) is 4.98 Å². The van der Waals surface area contributed by atoms with Gasteiger partial charge < -0.3 is 5.32 Å². The molecule has 1 aromatic rings. The normalized spacial score (nSPS) is 11.4. The topological polar surface area (TPSA) is 24.9 Å². The van der Waals surface area contributed by atoms with Gasteiger partial charge in [0.15, 0.2) is 0 Å². The molecule has 0 spiro atoms. The Bertz CT molecular complexity index is 297. The van der Waals surface area contributed by atoms with Gasteiger partial charge in [0.2, 0.25) is 5.95 Å². The summed E-state index contributed by atoms with van der Waals surface area (Å²) >= 11 is 0. The van der Waals surface area contributed by atoms with Crippen molar-refractivity contribution in [3.63, 3.8) is 0 Å². The van der Waals surface area contributed by atoms with Crippen LogP contribution < -0.4 is 5.32 Å². The zero-order valence-electron chi connectivity index (χ0n) is 8.97. The second kappa shape index (κ2) is 4.40. The minimum absolute atomic E-state index is 0.236. The van der Waals surface area contributed by atoms with Gasteiger partial charge >= 0.3 is 0 Å². The lowest BCUT2D eigenvalue weighted by Gasteiger charge is -2.23. The number of rotatable bonds is 4. The first-order valence-corrected chi connectivity index (χ1v) is 4.89. The third kappa shape index (κ3) is 3.32. The second-order valence-corrected chi connectivity index (χ2v) is 4.24. The molecular weight excluding hydrogens is 179 g/mol. The average Bonchev–Trinajstić information content (AvgIpc) is 2.15. The highest BCUT2D eigenvalue weighted by Gasteiger charge is 2.14. The second-order valence-electron chi connectivity index (χ2n) is 4.24. The van der Waals surface area contributed by atoms with E-state index in [4.69, 9.17) is 0 Å². The van der Waals surface area contributed by atoms with Crippen LogP contribution in [0.1, 0.15) is 27.2 Å². The summed E-state index contributed by atoms with van der Waals surface area (Å²) < 4.78 is 12.7. The highest BCUT2D eigenvalue weighted by atomic mass is 19.1. The molecule has 0 aromatic carbocycles. The third-order valence-electron chi connectivity index (χ3n) is 2.45. The molecule has 0 fully saturated rings. The molecule has 1 heterocycles. The maximum atomic E-state index is 12.7. The number of aromatic nitrogens is 1. The number of hydrogen-bond donors (Lipinski definition) is 1. The minimum Gasteiger partial charge on any atom is -0.384 e. The van der Waals surface area contributed by atoms with E-state index >= 15 is 0 Å². The molecule has 0 saturated carbocycles. The zero-order valence-corrected chi connectivity index (χ0v) is 8.97. The van der Waals surface area contributed by atoms with Crippen molar-refractivity contribution in [3.05, 3.63) is 24.3 Å². The maximum absolute atomic E-state index is 12.7. The Morgan fingerprint density at radius 3 is 2.79 bits per heavy atom. The van der Waals surface area contributed by atoms with Crippen molar-refractivity contribution >= 4 is 5.69 Å². The van der Waals surface area contributed by atoms with E-state index in [-0.39, 0.29) is 5.41 Å². The summed E-state index contributed by atoms with van der Waals surface area (Å²) in [6.07, 6.45) is 2.56. The molecule has 0 aliphatic rings. The van der Waals surface area contributed by atoms with E-state index in [1.807, 2.05) is 0 Å². The molecule has 0 radical (unpaired) electrons. The number of nitrogens with zero attached hydrogens (tertiary/aromatic N) is 1. The molecule has 0 unspecified atom stereocenters. The Kier molecular flexibility index (Phi) is 3.44. The first-order chi connectivity index (χ1) is 6.53. The van der Waals surface area contributed by atoms with Crippen LogP contribution in [0.4, 0.5) is 10.1 Å². The lowest BCUT2D eigenvalue weighted by atomic mass is 9.90. The molecule has 0 aliphatic carbocycles.